The molecule has 2 aromatic carbocycles. The van der Waals surface area contributed by atoms with Gasteiger partial charge in [-0.15, -0.1) is 0 Å². The molecule has 3 rings (SSSR count). The summed E-state index contributed by atoms with van der Waals surface area (Å²) in [5.74, 6) is -0.260. The fraction of sp³-hybridized carbons (Fsp3) is 0.250. The lowest BCUT2D eigenvalue weighted by atomic mass is 10.0. The molecule has 104 valence electrons. The van der Waals surface area contributed by atoms with Crippen molar-refractivity contribution < 1.29 is 4.39 Å². The van der Waals surface area contributed by atoms with E-state index in [0.29, 0.717) is 33.8 Å². The van der Waals surface area contributed by atoms with Crippen molar-refractivity contribution in [2.24, 2.45) is 0 Å². The molecular formula is C16H14Cl2FN. The zero-order valence-corrected chi connectivity index (χ0v) is 12.3. The van der Waals surface area contributed by atoms with E-state index in [0.717, 1.165) is 5.56 Å². The van der Waals surface area contributed by atoms with Gasteiger partial charge in [0, 0.05) is 33.8 Å². The molecule has 0 aliphatic heterocycles. The van der Waals surface area contributed by atoms with Crippen LogP contribution >= 0.6 is 23.2 Å². The lowest BCUT2D eigenvalue weighted by Crippen LogP contribution is -2.15. The van der Waals surface area contributed by atoms with Crippen molar-refractivity contribution in [1.29, 1.82) is 0 Å². The highest BCUT2D eigenvalue weighted by molar-refractivity contribution is 6.36. The predicted octanol–water partition coefficient (Wildman–Crippen LogP) is 5.05. The van der Waals surface area contributed by atoms with Gasteiger partial charge in [0.1, 0.15) is 5.82 Å². The summed E-state index contributed by atoms with van der Waals surface area (Å²) in [4.78, 5) is 0. The molecule has 0 radical (unpaired) electrons. The average molecular weight is 310 g/mol. The number of hydrogen-bond donors (Lipinski definition) is 1. The Bertz CT molecular complexity index is 638. The van der Waals surface area contributed by atoms with Crippen molar-refractivity contribution in [3.63, 3.8) is 0 Å². The Morgan fingerprint density at radius 1 is 1.05 bits per heavy atom. The van der Waals surface area contributed by atoms with Gasteiger partial charge in [-0.2, -0.15) is 0 Å². The van der Waals surface area contributed by atoms with Gasteiger partial charge in [0.2, 0.25) is 0 Å². The van der Waals surface area contributed by atoms with Gasteiger partial charge in [-0.05, 0) is 36.6 Å². The minimum absolute atomic E-state index is 0.260. The van der Waals surface area contributed by atoms with Gasteiger partial charge in [0.05, 0.1) is 0 Å². The highest BCUT2D eigenvalue weighted by atomic mass is 35.5. The molecular weight excluding hydrogens is 296 g/mol. The van der Waals surface area contributed by atoms with Gasteiger partial charge in [0.15, 0.2) is 0 Å². The third-order valence-electron chi connectivity index (χ3n) is 3.43. The van der Waals surface area contributed by atoms with E-state index >= 15 is 0 Å². The Labute approximate surface area is 127 Å². The maximum Gasteiger partial charge on any atom is 0.131 e. The van der Waals surface area contributed by atoms with Crippen LogP contribution in [0.3, 0.4) is 0 Å². The van der Waals surface area contributed by atoms with Gasteiger partial charge in [-0.3, -0.25) is 0 Å². The second kappa shape index (κ2) is 5.72. The van der Waals surface area contributed by atoms with E-state index in [2.05, 4.69) is 5.32 Å². The van der Waals surface area contributed by atoms with Gasteiger partial charge >= 0.3 is 0 Å². The first-order valence-corrected chi connectivity index (χ1v) is 7.36. The van der Waals surface area contributed by atoms with Crippen molar-refractivity contribution in [3.8, 4) is 11.1 Å². The van der Waals surface area contributed by atoms with E-state index in [1.807, 2.05) is 6.07 Å². The van der Waals surface area contributed by atoms with Gasteiger partial charge < -0.3 is 5.32 Å². The molecule has 0 atom stereocenters. The van der Waals surface area contributed by atoms with Crippen LogP contribution in [0.25, 0.3) is 11.1 Å². The largest absolute Gasteiger partial charge is 0.310 e. The third-order valence-corrected chi connectivity index (χ3v) is 3.97. The van der Waals surface area contributed by atoms with Crippen LogP contribution in [0.5, 0.6) is 0 Å². The molecule has 1 aliphatic carbocycles. The molecule has 1 saturated carbocycles. The van der Waals surface area contributed by atoms with Crippen molar-refractivity contribution >= 4 is 23.2 Å². The number of benzene rings is 2. The van der Waals surface area contributed by atoms with Crippen LogP contribution < -0.4 is 5.32 Å². The summed E-state index contributed by atoms with van der Waals surface area (Å²) >= 11 is 12.0. The summed E-state index contributed by atoms with van der Waals surface area (Å²) in [6.45, 7) is 0.705. The molecule has 0 spiro atoms. The lowest BCUT2D eigenvalue weighted by Gasteiger charge is -2.09. The lowest BCUT2D eigenvalue weighted by molar-refractivity contribution is 0.623. The van der Waals surface area contributed by atoms with Crippen molar-refractivity contribution in [2.45, 2.75) is 25.4 Å². The molecule has 1 nitrogen and oxygen atoms in total. The standard InChI is InChI=1S/C16H14Cl2FN/c17-11-2-6-13(15(18)8-11)14-5-1-10(7-16(14)19)9-20-12-3-4-12/h1-2,5-8,12,20H,3-4,9H2. The quantitative estimate of drug-likeness (QED) is 0.833. The van der Waals surface area contributed by atoms with Crippen molar-refractivity contribution in [1.82, 2.24) is 5.32 Å². The number of rotatable bonds is 4. The molecule has 0 unspecified atom stereocenters. The molecule has 1 aliphatic rings. The van der Waals surface area contributed by atoms with E-state index in [9.17, 15) is 4.39 Å². The molecule has 0 amide bonds. The van der Waals surface area contributed by atoms with Crippen LogP contribution in [0.1, 0.15) is 18.4 Å². The molecule has 20 heavy (non-hydrogen) atoms. The SMILES string of the molecule is Fc1cc(CNC2CC2)ccc1-c1ccc(Cl)cc1Cl. The van der Waals surface area contributed by atoms with Crippen LogP contribution in [-0.4, -0.2) is 6.04 Å². The van der Waals surface area contributed by atoms with Crippen LogP contribution in [0.4, 0.5) is 4.39 Å². The smallest absolute Gasteiger partial charge is 0.131 e. The Hall–Kier alpha value is -1.09. The number of halogens is 3. The topological polar surface area (TPSA) is 12.0 Å². The summed E-state index contributed by atoms with van der Waals surface area (Å²) in [7, 11) is 0. The van der Waals surface area contributed by atoms with E-state index in [1.54, 1.807) is 30.3 Å². The minimum Gasteiger partial charge on any atom is -0.310 e. The van der Waals surface area contributed by atoms with Gasteiger partial charge in [-0.1, -0.05) is 41.4 Å². The summed E-state index contributed by atoms with van der Waals surface area (Å²) in [6, 6.07) is 11.0. The first kappa shape index (κ1) is 13.9. The molecule has 4 heteroatoms. The predicted molar refractivity (Wildman–Crippen MR) is 81.7 cm³/mol. The summed E-state index contributed by atoms with van der Waals surface area (Å²) in [5, 5.41) is 4.37. The van der Waals surface area contributed by atoms with Crippen molar-refractivity contribution in [3.05, 3.63) is 57.8 Å². The normalized spacial score (nSPS) is 14.6. The molecule has 1 fully saturated rings. The van der Waals surface area contributed by atoms with E-state index in [1.165, 1.54) is 12.8 Å². The number of hydrogen-bond acceptors (Lipinski definition) is 1. The molecule has 2 aromatic rings. The van der Waals surface area contributed by atoms with Crippen LogP contribution in [0.2, 0.25) is 10.0 Å². The highest BCUT2D eigenvalue weighted by Crippen LogP contribution is 2.32. The van der Waals surface area contributed by atoms with Gasteiger partial charge in [0.25, 0.3) is 0 Å². The van der Waals surface area contributed by atoms with E-state index < -0.39 is 0 Å². The van der Waals surface area contributed by atoms with Crippen LogP contribution in [-0.2, 0) is 6.54 Å². The van der Waals surface area contributed by atoms with Gasteiger partial charge in [-0.25, -0.2) is 4.39 Å². The minimum atomic E-state index is -0.260. The Balaban J connectivity index is 1.85. The summed E-state index contributed by atoms with van der Waals surface area (Å²) in [6.07, 6.45) is 2.45. The monoisotopic (exact) mass is 309 g/mol. The second-order valence-electron chi connectivity index (χ2n) is 5.09. The molecule has 0 saturated heterocycles. The summed E-state index contributed by atoms with van der Waals surface area (Å²) in [5.41, 5.74) is 2.11. The highest BCUT2D eigenvalue weighted by Gasteiger charge is 2.20. The van der Waals surface area contributed by atoms with Crippen LogP contribution in [0.15, 0.2) is 36.4 Å². The fourth-order valence-corrected chi connectivity index (χ4v) is 2.65. The maximum absolute atomic E-state index is 14.2. The average Bonchev–Trinajstić information content (AvgIpc) is 3.22. The van der Waals surface area contributed by atoms with E-state index in [-0.39, 0.29) is 5.82 Å². The maximum atomic E-state index is 14.2. The molecule has 0 bridgehead atoms. The zero-order chi connectivity index (χ0) is 14.1. The summed E-state index contributed by atoms with van der Waals surface area (Å²) < 4.78 is 14.2. The Kier molecular flexibility index (Phi) is 3.97. The van der Waals surface area contributed by atoms with Crippen LogP contribution in [0, 0.1) is 5.82 Å². The first-order chi connectivity index (χ1) is 9.63. The second-order valence-corrected chi connectivity index (χ2v) is 5.94. The molecule has 0 aromatic heterocycles. The fourth-order valence-electron chi connectivity index (χ4n) is 2.14. The zero-order valence-electron chi connectivity index (χ0n) is 10.8. The van der Waals surface area contributed by atoms with E-state index in [4.69, 9.17) is 23.2 Å². The molecule has 0 heterocycles. The van der Waals surface area contributed by atoms with Crippen molar-refractivity contribution in [2.75, 3.05) is 0 Å². The molecule has 1 N–H and O–H groups in total. The number of nitrogens with one attached hydrogen (secondary N) is 1. The third kappa shape index (κ3) is 3.14. The first-order valence-electron chi connectivity index (χ1n) is 6.61. The Morgan fingerprint density at radius 2 is 1.80 bits per heavy atom. The Morgan fingerprint density at radius 3 is 2.45 bits per heavy atom.